The lowest BCUT2D eigenvalue weighted by Crippen LogP contribution is -2.14. The second kappa shape index (κ2) is 18.6. The summed E-state index contributed by atoms with van der Waals surface area (Å²) in [5.41, 5.74) is 14.9. The van der Waals surface area contributed by atoms with Crippen molar-refractivity contribution in [3.8, 4) is 0 Å². The van der Waals surface area contributed by atoms with Crippen molar-refractivity contribution in [1.82, 2.24) is 0 Å². The van der Waals surface area contributed by atoms with Crippen molar-refractivity contribution >= 4 is 0 Å². The van der Waals surface area contributed by atoms with E-state index in [1.165, 1.54) is 0 Å². The van der Waals surface area contributed by atoms with E-state index < -0.39 is 0 Å². The molecule has 0 aliphatic carbocycles. The molecule has 90 valence electrons. The van der Waals surface area contributed by atoms with Crippen LogP contribution in [0, 0.1) is 0 Å². The summed E-state index contributed by atoms with van der Waals surface area (Å²) in [6.07, 6.45) is 0.421. The summed E-state index contributed by atoms with van der Waals surface area (Å²) in [4.78, 5) is 0. The zero-order valence-corrected chi connectivity index (χ0v) is 9.61. The number of hydrogen-bond acceptors (Lipinski definition) is 5. The van der Waals surface area contributed by atoms with Crippen LogP contribution in [-0.2, 0) is 0 Å². The van der Waals surface area contributed by atoms with Crippen molar-refractivity contribution in [2.75, 3.05) is 19.6 Å². The molecule has 0 aliphatic heterocycles. The molecule has 2 atom stereocenters. The third kappa shape index (κ3) is 59.7. The Balaban J connectivity index is -0.000000131. The average Bonchev–Trinajstić information content (AvgIpc) is 2.19. The Morgan fingerprint density at radius 1 is 0.929 bits per heavy atom. The van der Waals surface area contributed by atoms with Crippen LogP contribution in [0.4, 0.5) is 0 Å². The van der Waals surface area contributed by atoms with Crippen molar-refractivity contribution in [3.05, 3.63) is 0 Å². The molecule has 0 amide bonds. The summed E-state index contributed by atoms with van der Waals surface area (Å²) < 4.78 is 0. The lowest BCUT2D eigenvalue weighted by molar-refractivity contribution is 0.203. The molecule has 8 N–H and O–H groups in total. The monoisotopic (exact) mass is 209 g/mol. The molecule has 0 saturated heterocycles. The van der Waals surface area contributed by atoms with Crippen LogP contribution in [0.25, 0.3) is 0 Å². The van der Waals surface area contributed by atoms with Gasteiger partial charge in [0.25, 0.3) is 0 Å². The normalized spacial score (nSPS) is 12.9. The minimum atomic E-state index is -0.338. The van der Waals surface area contributed by atoms with E-state index in [1.807, 2.05) is 0 Å². The van der Waals surface area contributed by atoms with Crippen LogP contribution in [0.3, 0.4) is 0 Å². The van der Waals surface area contributed by atoms with E-state index in [4.69, 9.17) is 27.4 Å². The molecule has 5 nitrogen and oxygen atoms in total. The Hall–Kier alpha value is -0.200. The van der Waals surface area contributed by atoms with Gasteiger partial charge in [0.2, 0.25) is 0 Å². The molecule has 2 unspecified atom stereocenters. The van der Waals surface area contributed by atoms with E-state index in [1.54, 1.807) is 13.8 Å². The van der Waals surface area contributed by atoms with Gasteiger partial charge < -0.3 is 27.4 Å². The third-order valence-electron chi connectivity index (χ3n) is 0.971. The number of nitrogens with two attached hydrogens (primary N) is 3. The van der Waals surface area contributed by atoms with Gasteiger partial charge in [-0.3, -0.25) is 0 Å². The smallest absolute Gasteiger partial charge is 0.0634 e. The van der Waals surface area contributed by atoms with Gasteiger partial charge in [-0.15, -0.1) is 0 Å². The van der Waals surface area contributed by atoms with E-state index in [2.05, 4.69) is 6.92 Å². The molecule has 0 rings (SSSR count). The standard InChI is InChI=1S/2C3H9NO.C3H9N/c2*1-3(5)2-4;1-2-3-4/h2*3,5H,2,4H2,1H3;2-4H2,1H3. The molecule has 0 heterocycles. The van der Waals surface area contributed by atoms with Gasteiger partial charge in [-0.2, -0.15) is 0 Å². The first-order valence-corrected chi connectivity index (χ1v) is 4.92. The zero-order valence-electron chi connectivity index (χ0n) is 9.61. The minimum absolute atomic E-state index is 0.338. The van der Waals surface area contributed by atoms with Crippen LogP contribution in [0.15, 0.2) is 0 Å². The molecule has 0 aromatic carbocycles. The molecule has 0 aromatic rings. The Bertz CT molecular complexity index is 70.5. The second-order valence-electron chi connectivity index (χ2n) is 2.96. The minimum Gasteiger partial charge on any atom is -0.392 e. The first-order chi connectivity index (χ1) is 6.45. The van der Waals surface area contributed by atoms with E-state index in [0.717, 1.165) is 13.0 Å². The molecule has 5 heteroatoms. The Labute approximate surface area is 87.3 Å². The number of hydrogen-bond donors (Lipinski definition) is 5. The lowest BCUT2D eigenvalue weighted by atomic mass is 10.4. The van der Waals surface area contributed by atoms with Gasteiger partial charge in [0, 0.05) is 13.1 Å². The fourth-order valence-electron chi connectivity index (χ4n) is 0. The third-order valence-corrected chi connectivity index (χ3v) is 0.971. The summed E-state index contributed by atoms with van der Waals surface area (Å²) >= 11 is 0. The molecule has 0 fully saturated rings. The van der Waals surface area contributed by atoms with Crippen molar-refractivity contribution in [3.63, 3.8) is 0 Å². The predicted molar refractivity (Wildman–Crippen MR) is 60.8 cm³/mol. The summed E-state index contributed by atoms with van der Waals surface area (Å²) in [7, 11) is 0. The van der Waals surface area contributed by atoms with Gasteiger partial charge in [0.1, 0.15) is 0 Å². The van der Waals surface area contributed by atoms with Crippen LogP contribution in [0.1, 0.15) is 27.2 Å². The highest BCUT2D eigenvalue weighted by Gasteiger charge is 1.82. The van der Waals surface area contributed by atoms with Gasteiger partial charge in [-0.05, 0) is 26.8 Å². The van der Waals surface area contributed by atoms with Crippen molar-refractivity contribution < 1.29 is 10.2 Å². The second-order valence-corrected chi connectivity index (χ2v) is 2.96. The van der Waals surface area contributed by atoms with Crippen LogP contribution in [-0.4, -0.2) is 42.1 Å². The Morgan fingerprint density at radius 2 is 1.07 bits per heavy atom. The van der Waals surface area contributed by atoms with Crippen molar-refractivity contribution in [1.29, 1.82) is 0 Å². The maximum Gasteiger partial charge on any atom is 0.0634 e. The topological polar surface area (TPSA) is 119 Å². The highest BCUT2D eigenvalue weighted by molar-refractivity contribution is 4.40. The maximum atomic E-state index is 8.24. The first-order valence-electron chi connectivity index (χ1n) is 4.92. The summed E-state index contributed by atoms with van der Waals surface area (Å²) in [6.45, 7) is 6.90. The highest BCUT2D eigenvalue weighted by Crippen LogP contribution is 1.66. The lowest BCUT2D eigenvalue weighted by Gasteiger charge is -1.91. The highest BCUT2D eigenvalue weighted by atomic mass is 16.3. The van der Waals surface area contributed by atoms with Gasteiger partial charge in [-0.1, -0.05) is 6.92 Å². The van der Waals surface area contributed by atoms with Gasteiger partial charge in [-0.25, -0.2) is 0 Å². The Morgan fingerprint density at radius 3 is 1.07 bits per heavy atom. The van der Waals surface area contributed by atoms with E-state index in [9.17, 15) is 0 Å². The van der Waals surface area contributed by atoms with Crippen molar-refractivity contribution in [2.24, 2.45) is 17.2 Å². The quantitative estimate of drug-likeness (QED) is 0.409. The molecule has 0 saturated carbocycles. The summed E-state index contributed by atoms with van der Waals surface area (Å²) in [5, 5.41) is 16.5. The number of aliphatic hydroxyl groups excluding tert-OH is 2. The number of rotatable bonds is 3. The van der Waals surface area contributed by atoms with Crippen molar-refractivity contribution in [2.45, 2.75) is 39.4 Å². The van der Waals surface area contributed by atoms with E-state index >= 15 is 0 Å². The summed E-state index contributed by atoms with van der Waals surface area (Å²) in [5.74, 6) is 0. The Kier molecular flexibility index (Phi) is 25.7. The van der Waals surface area contributed by atoms with Gasteiger partial charge in [0.15, 0.2) is 0 Å². The van der Waals surface area contributed by atoms with Crippen LogP contribution in [0.2, 0.25) is 0 Å². The molecule has 14 heavy (non-hydrogen) atoms. The molecule has 0 aromatic heterocycles. The molecular formula is C9H27N3O2. The van der Waals surface area contributed by atoms with E-state index in [0.29, 0.717) is 13.1 Å². The predicted octanol–water partition coefficient (Wildman–Crippen LogP) is -0.993. The van der Waals surface area contributed by atoms with E-state index in [-0.39, 0.29) is 12.2 Å². The van der Waals surface area contributed by atoms with Gasteiger partial charge in [0.05, 0.1) is 12.2 Å². The molecule has 0 spiro atoms. The largest absolute Gasteiger partial charge is 0.392 e. The fourth-order valence-corrected chi connectivity index (χ4v) is 0. The van der Waals surface area contributed by atoms with Crippen LogP contribution in [0.5, 0.6) is 0 Å². The average molecular weight is 209 g/mol. The first kappa shape index (κ1) is 19.4. The van der Waals surface area contributed by atoms with Gasteiger partial charge >= 0.3 is 0 Å². The molecule has 0 bridgehead atoms. The SMILES string of the molecule is CC(O)CN.CC(O)CN.CCCN. The summed E-state index contributed by atoms with van der Waals surface area (Å²) in [6, 6.07) is 0. The maximum absolute atomic E-state index is 8.24. The van der Waals surface area contributed by atoms with Crippen LogP contribution >= 0.6 is 0 Å². The fraction of sp³-hybridized carbons (Fsp3) is 1.00. The number of aliphatic hydroxyl groups is 2. The van der Waals surface area contributed by atoms with Crippen LogP contribution < -0.4 is 17.2 Å². The molecule has 0 radical (unpaired) electrons. The zero-order chi connectivity index (χ0) is 12.0. The molecular weight excluding hydrogens is 182 g/mol. The molecule has 0 aliphatic rings.